The fraction of sp³-hybridized carbons (Fsp3) is 0.0816. The van der Waals surface area contributed by atoms with E-state index in [2.05, 4.69) is 393 Å². The van der Waals surface area contributed by atoms with Gasteiger partial charge in [-0.3, -0.25) is 0 Å². The lowest BCUT2D eigenvalue weighted by Gasteiger charge is -2.23. The minimum atomic E-state index is -1.48. The number of fused-ring (bicyclic) bond motifs is 9. The van der Waals surface area contributed by atoms with E-state index < -0.39 is 8.07 Å². The first kappa shape index (κ1) is 62.3. The van der Waals surface area contributed by atoms with Crippen molar-refractivity contribution in [3.63, 3.8) is 0 Å². The molecule has 474 valence electrons. The highest BCUT2D eigenvalue weighted by Gasteiger charge is 2.24. The summed E-state index contributed by atoms with van der Waals surface area (Å²) in [5, 5.41) is 24.9. The van der Waals surface area contributed by atoms with Crippen LogP contribution < -0.4 is 5.19 Å². The van der Waals surface area contributed by atoms with Gasteiger partial charge in [-0.1, -0.05) is 379 Å². The summed E-state index contributed by atoms with van der Waals surface area (Å²) in [5.74, 6) is 0. The van der Waals surface area contributed by atoms with Gasteiger partial charge in [-0.2, -0.15) is 0 Å². The van der Waals surface area contributed by atoms with Crippen LogP contribution in [0.2, 0.25) is 19.6 Å². The molecule has 18 rings (SSSR count). The molecule has 0 saturated heterocycles. The van der Waals surface area contributed by atoms with Crippen molar-refractivity contribution in [3.8, 4) is 66.8 Å². The predicted octanol–water partition coefficient (Wildman–Crippen LogP) is 27.6. The van der Waals surface area contributed by atoms with E-state index >= 15 is 0 Å². The van der Waals surface area contributed by atoms with Crippen LogP contribution in [-0.4, -0.2) is 8.07 Å². The van der Waals surface area contributed by atoms with Crippen LogP contribution in [-0.2, 0) is 5.41 Å². The molecule has 18 aromatic carbocycles. The molecule has 0 bridgehead atoms. The van der Waals surface area contributed by atoms with E-state index in [1.807, 2.05) is 0 Å². The average molecular weight is 1280 g/mol. The third kappa shape index (κ3) is 11.7. The summed E-state index contributed by atoms with van der Waals surface area (Å²) in [5.41, 5.74) is 18.3. The van der Waals surface area contributed by atoms with Crippen molar-refractivity contribution in [2.75, 3.05) is 0 Å². The summed E-state index contributed by atoms with van der Waals surface area (Å²) in [6, 6.07) is 127. The molecule has 0 radical (unpaired) electrons. The summed E-state index contributed by atoms with van der Waals surface area (Å²) in [4.78, 5) is 0. The SMILES string of the molecule is CC(C)(C)c1ccc2c(-c3ccc4ccccc4c3)c3ccccc3c(-c3ccccc3)c2c1.C[Si](C)(C)c1ccc2c(-c3cccc4ccccc34)c3ccccc3c(-c3ccccc3)c2c1.Cc1ccc2c(-c3ccc4ccccc4c3)c3ccccc3c(-c3ccccc3)c2c1. The first-order valence-electron chi connectivity index (χ1n) is 34.9. The Labute approximate surface area is 582 Å². The molecule has 0 aliphatic heterocycles. The number of hydrogen-bond donors (Lipinski definition) is 0. The summed E-state index contributed by atoms with van der Waals surface area (Å²) in [6.45, 7) is 16.4. The summed E-state index contributed by atoms with van der Waals surface area (Å²) in [6.07, 6.45) is 0. The number of benzene rings is 18. The van der Waals surface area contributed by atoms with E-state index in [0.29, 0.717) is 0 Å². The van der Waals surface area contributed by atoms with Crippen molar-refractivity contribution in [1.29, 1.82) is 0 Å². The molecule has 18 aromatic rings. The Hall–Kier alpha value is -11.5. The zero-order valence-corrected chi connectivity index (χ0v) is 58.4. The van der Waals surface area contributed by atoms with Crippen LogP contribution in [0.4, 0.5) is 0 Å². The van der Waals surface area contributed by atoms with Gasteiger partial charge in [0.1, 0.15) is 0 Å². The Bertz CT molecular complexity index is 6090. The van der Waals surface area contributed by atoms with Gasteiger partial charge in [0.25, 0.3) is 0 Å². The second-order valence-electron chi connectivity index (χ2n) is 28.7. The molecule has 0 aliphatic rings. The smallest absolute Gasteiger partial charge is 0.0656 e. The summed E-state index contributed by atoms with van der Waals surface area (Å²) >= 11 is 0. The van der Waals surface area contributed by atoms with Gasteiger partial charge in [-0.05, 0) is 200 Å². The molecule has 0 atom stereocenters. The molecular weight excluding hydrogens is 1210 g/mol. The zero-order valence-electron chi connectivity index (χ0n) is 57.4. The molecule has 0 nitrogen and oxygen atoms in total. The average Bonchev–Trinajstić information content (AvgIpc) is 0.741. The Morgan fingerprint density at radius 3 is 1.00 bits per heavy atom. The topological polar surface area (TPSA) is 0 Å². The standard InChI is InChI=1S/C34H28.C33H28Si.C31H22/c1-34(2,3)27-19-20-30-31(22-27)32(24-12-5-4-6-13-24)28-15-9-10-16-29(28)33(30)26-18-17-23-11-7-8-14-25(23)21-26;1-34(2,3)25-20-21-30-31(22-25)32(24-13-5-4-6-14-24)28-17-9-10-18-29(28)33(30)27-19-11-15-23-12-7-8-16-26(23)27;1-21-15-18-28-29(19-21)30(23-10-3-2-4-11-23)26-13-7-8-14-27(26)31(28)25-17-16-22-9-5-6-12-24(22)20-25/h2*4-22H,1-3H3;2-20H,1H3. The number of rotatable bonds is 7. The Morgan fingerprint density at radius 1 is 0.212 bits per heavy atom. The highest BCUT2D eigenvalue weighted by atomic mass is 28.3. The Balaban J connectivity index is 0.000000116. The first-order valence-corrected chi connectivity index (χ1v) is 38.4. The first-order chi connectivity index (χ1) is 48.3. The molecule has 1 heteroatoms. The minimum absolute atomic E-state index is 0.0803. The number of hydrogen-bond acceptors (Lipinski definition) is 0. The van der Waals surface area contributed by atoms with Crippen molar-refractivity contribution in [1.82, 2.24) is 0 Å². The van der Waals surface area contributed by atoms with Gasteiger partial charge in [0, 0.05) is 0 Å². The van der Waals surface area contributed by atoms with Crippen molar-refractivity contribution < 1.29 is 0 Å². The van der Waals surface area contributed by atoms with Crippen LogP contribution in [0.5, 0.6) is 0 Å². The highest BCUT2D eigenvalue weighted by Crippen LogP contribution is 2.49. The molecule has 0 amide bonds. The third-order valence-corrected chi connectivity index (χ3v) is 22.3. The lowest BCUT2D eigenvalue weighted by atomic mass is 9.81. The van der Waals surface area contributed by atoms with Gasteiger partial charge >= 0.3 is 0 Å². The van der Waals surface area contributed by atoms with Gasteiger partial charge in [0.05, 0.1) is 8.07 Å². The van der Waals surface area contributed by atoms with Crippen LogP contribution in [0, 0.1) is 6.92 Å². The van der Waals surface area contributed by atoms with Crippen LogP contribution in [0.25, 0.3) is 164 Å². The minimum Gasteiger partial charge on any atom is -0.0656 e. The molecule has 0 unspecified atom stereocenters. The summed E-state index contributed by atoms with van der Waals surface area (Å²) < 4.78 is 0. The normalized spacial score (nSPS) is 11.8. The maximum Gasteiger partial charge on any atom is 0.0776 e. The van der Waals surface area contributed by atoms with E-state index in [0.717, 1.165) is 0 Å². The van der Waals surface area contributed by atoms with Crippen molar-refractivity contribution >= 4 is 110 Å². The van der Waals surface area contributed by atoms with Crippen LogP contribution in [0.15, 0.2) is 346 Å². The van der Waals surface area contributed by atoms with E-state index in [-0.39, 0.29) is 5.41 Å². The van der Waals surface area contributed by atoms with Crippen LogP contribution in [0.1, 0.15) is 31.9 Å². The Kier molecular flexibility index (Phi) is 16.3. The monoisotopic (exact) mass is 1280 g/mol. The molecular formula is C98H78Si. The molecule has 0 aliphatic carbocycles. The van der Waals surface area contributed by atoms with E-state index in [9.17, 15) is 0 Å². The second kappa shape index (κ2) is 25.8. The quantitative estimate of drug-likeness (QED) is 0.110. The Morgan fingerprint density at radius 2 is 0.545 bits per heavy atom. The predicted molar refractivity (Wildman–Crippen MR) is 436 cm³/mol. The van der Waals surface area contributed by atoms with Gasteiger partial charge < -0.3 is 0 Å². The third-order valence-electron chi connectivity index (χ3n) is 20.3. The molecule has 0 N–H and O–H groups in total. The fourth-order valence-corrected chi connectivity index (χ4v) is 16.5. The van der Waals surface area contributed by atoms with Crippen molar-refractivity contribution in [2.45, 2.75) is 52.8 Å². The molecule has 0 fully saturated rings. The van der Waals surface area contributed by atoms with E-state index in [1.165, 1.54) is 180 Å². The maximum absolute atomic E-state index is 2.49. The van der Waals surface area contributed by atoms with Crippen LogP contribution in [0.3, 0.4) is 0 Å². The lowest BCUT2D eigenvalue weighted by Crippen LogP contribution is -2.37. The number of aryl methyl sites for hydroxylation is 1. The maximum atomic E-state index is 2.49. The lowest BCUT2D eigenvalue weighted by molar-refractivity contribution is 0.591. The molecule has 0 aromatic heterocycles. The van der Waals surface area contributed by atoms with Crippen molar-refractivity contribution in [3.05, 3.63) is 357 Å². The van der Waals surface area contributed by atoms with Crippen molar-refractivity contribution in [2.24, 2.45) is 0 Å². The fourth-order valence-electron chi connectivity index (χ4n) is 15.4. The van der Waals surface area contributed by atoms with Gasteiger partial charge in [0.15, 0.2) is 0 Å². The van der Waals surface area contributed by atoms with Gasteiger partial charge in [-0.15, -0.1) is 0 Å². The van der Waals surface area contributed by atoms with Gasteiger partial charge in [-0.25, -0.2) is 0 Å². The molecule has 0 saturated carbocycles. The highest BCUT2D eigenvalue weighted by molar-refractivity contribution is 6.88. The van der Waals surface area contributed by atoms with E-state index in [1.54, 1.807) is 0 Å². The summed E-state index contributed by atoms with van der Waals surface area (Å²) in [7, 11) is -1.48. The second-order valence-corrected chi connectivity index (χ2v) is 33.8. The molecule has 0 spiro atoms. The molecule has 99 heavy (non-hydrogen) atoms. The van der Waals surface area contributed by atoms with E-state index in [4.69, 9.17) is 0 Å². The van der Waals surface area contributed by atoms with Gasteiger partial charge in [0.2, 0.25) is 0 Å². The van der Waals surface area contributed by atoms with Crippen LogP contribution >= 0.6 is 0 Å². The zero-order chi connectivity index (χ0) is 67.4. The largest absolute Gasteiger partial charge is 0.0776 e. The molecule has 0 heterocycles.